The van der Waals surface area contributed by atoms with E-state index in [2.05, 4.69) is 53.5 Å². The molecule has 3 aromatic rings. The van der Waals surface area contributed by atoms with Crippen molar-refractivity contribution >= 4 is 10.8 Å². The van der Waals surface area contributed by atoms with Gasteiger partial charge in [-0.15, -0.1) is 0 Å². The average molecular weight is 263 g/mol. The molecule has 0 fully saturated rings. The van der Waals surface area contributed by atoms with Gasteiger partial charge >= 0.3 is 0 Å². The summed E-state index contributed by atoms with van der Waals surface area (Å²) in [7, 11) is 1.75. The molecule has 0 aliphatic heterocycles. The SMILES string of the molecule is COc1c(CCc2ccncc2)ccc2ccccc12. The lowest BCUT2D eigenvalue weighted by Gasteiger charge is -2.12. The first kappa shape index (κ1) is 12.7. The van der Waals surface area contributed by atoms with Gasteiger partial charge in [-0.25, -0.2) is 0 Å². The quantitative estimate of drug-likeness (QED) is 0.709. The van der Waals surface area contributed by atoms with E-state index in [0.717, 1.165) is 18.6 Å². The number of aryl methyl sites for hydroxylation is 2. The van der Waals surface area contributed by atoms with E-state index in [1.807, 2.05) is 12.4 Å². The Kier molecular flexibility index (Phi) is 3.64. The lowest BCUT2D eigenvalue weighted by atomic mass is 10.00. The highest BCUT2D eigenvalue weighted by molar-refractivity contribution is 5.89. The molecule has 0 bridgehead atoms. The highest BCUT2D eigenvalue weighted by atomic mass is 16.5. The van der Waals surface area contributed by atoms with E-state index in [9.17, 15) is 0 Å². The summed E-state index contributed by atoms with van der Waals surface area (Å²) in [6.07, 6.45) is 5.65. The van der Waals surface area contributed by atoms with Gasteiger partial charge in [-0.3, -0.25) is 4.98 Å². The van der Waals surface area contributed by atoms with Gasteiger partial charge in [0.05, 0.1) is 7.11 Å². The van der Waals surface area contributed by atoms with Crippen molar-refractivity contribution in [2.24, 2.45) is 0 Å². The Balaban J connectivity index is 1.91. The van der Waals surface area contributed by atoms with Crippen LogP contribution in [0.3, 0.4) is 0 Å². The molecule has 100 valence electrons. The number of hydrogen-bond acceptors (Lipinski definition) is 2. The normalized spacial score (nSPS) is 10.7. The number of nitrogens with zero attached hydrogens (tertiary/aromatic N) is 1. The Bertz CT molecular complexity index is 707. The molecule has 0 aliphatic carbocycles. The second-order valence-corrected chi connectivity index (χ2v) is 4.83. The summed E-state index contributed by atoms with van der Waals surface area (Å²) < 4.78 is 5.63. The van der Waals surface area contributed by atoms with E-state index in [-0.39, 0.29) is 0 Å². The first-order valence-electron chi connectivity index (χ1n) is 6.82. The number of aromatic nitrogens is 1. The standard InChI is InChI=1S/C18H17NO/c1-20-18-16(7-6-14-10-12-19-13-11-14)9-8-15-4-2-3-5-17(15)18/h2-5,8-13H,6-7H2,1H3. The van der Waals surface area contributed by atoms with Crippen molar-refractivity contribution in [3.8, 4) is 5.75 Å². The molecule has 0 aliphatic rings. The minimum Gasteiger partial charge on any atom is -0.496 e. The predicted octanol–water partition coefficient (Wildman–Crippen LogP) is 4.03. The molecule has 2 aromatic carbocycles. The molecular weight excluding hydrogens is 246 g/mol. The Labute approximate surface area is 119 Å². The zero-order valence-corrected chi connectivity index (χ0v) is 11.5. The monoisotopic (exact) mass is 263 g/mol. The maximum atomic E-state index is 5.63. The number of rotatable bonds is 4. The third-order valence-electron chi connectivity index (χ3n) is 3.60. The Morgan fingerprint density at radius 1 is 0.900 bits per heavy atom. The molecule has 0 amide bonds. The van der Waals surface area contributed by atoms with Crippen LogP contribution in [-0.4, -0.2) is 12.1 Å². The van der Waals surface area contributed by atoms with E-state index >= 15 is 0 Å². The highest BCUT2D eigenvalue weighted by Crippen LogP contribution is 2.30. The van der Waals surface area contributed by atoms with Crippen molar-refractivity contribution in [3.63, 3.8) is 0 Å². The molecule has 0 spiro atoms. The zero-order chi connectivity index (χ0) is 13.8. The molecule has 2 heteroatoms. The van der Waals surface area contributed by atoms with Crippen LogP contribution in [0.5, 0.6) is 5.75 Å². The minimum atomic E-state index is 0.970. The number of fused-ring (bicyclic) bond motifs is 1. The average Bonchev–Trinajstić information content (AvgIpc) is 2.53. The predicted molar refractivity (Wildman–Crippen MR) is 82.1 cm³/mol. The van der Waals surface area contributed by atoms with Crippen molar-refractivity contribution in [1.82, 2.24) is 4.98 Å². The minimum absolute atomic E-state index is 0.970. The lowest BCUT2D eigenvalue weighted by molar-refractivity contribution is 0.414. The van der Waals surface area contributed by atoms with Crippen LogP contribution in [0.15, 0.2) is 60.9 Å². The van der Waals surface area contributed by atoms with Crippen LogP contribution in [0.25, 0.3) is 10.8 Å². The van der Waals surface area contributed by atoms with Gasteiger partial charge in [-0.2, -0.15) is 0 Å². The molecule has 0 saturated carbocycles. The molecule has 1 aromatic heterocycles. The number of pyridine rings is 1. The van der Waals surface area contributed by atoms with E-state index in [4.69, 9.17) is 4.74 Å². The Hall–Kier alpha value is -2.35. The van der Waals surface area contributed by atoms with Crippen molar-refractivity contribution in [3.05, 3.63) is 72.1 Å². The van der Waals surface area contributed by atoms with Crippen LogP contribution in [0, 0.1) is 0 Å². The fraction of sp³-hybridized carbons (Fsp3) is 0.167. The van der Waals surface area contributed by atoms with Crippen LogP contribution in [0.4, 0.5) is 0 Å². The van der Waals surface area contributed by atoms with Gasteiger partial charge in [-0.1, -0.05) is 36.4 Å². The third kappa shape index (κ3) is 2.50. The van der Waals surface area contributed by atoms with E-state index < -0.39 is 0 Å². The number of ether oxygens (including phenoxy) is 1. The summed E-state index contributed by atoms with van der Waals surface area (Å²) >= 11 is 0. The van der Waals surface area contributed by atoms with Gasteiger partial charge in [0.1, 0.15) is 5.75 Å². The summed E-state index contributed by atoms with van der Waals surface area (Å²) in [4.78, 5) is 4.05. The van der Waals surface area contributed by atoms with Crippen LogP contribution in [0.2, 0.25) is 0 Å². The van der Waals surface area contributed by atoms with Crippen molar-refractivity contribution < 1.29 is 4.74 Å². The smallest absolute Gasteiger partial charge is 0.129 e. The Morgan fingerprint density at radius 2 is 1.70 bits per heavy atom. The van der Waals surface area contributed by atoms with Crippen LogP contribution in [-0.2, 0) is 12.8 Å². The maximum Gasteiger partial charge on any atom is 0.129 e. The van der Waals surface area contributed by atoms with Gasteiger partial charge in [0.25, 0.3) is 0 Å². The fourth-order valence-corrected chi connectivity index (χ4v) is 2.55. The summed E-state index contributed by atoms with van der Waals surface area (Å²) in [6.45, 7) is 0. The molecular formula is C18H17NO. The molecule has 0 saturated heterocycles. The van der Waals surface area contributed by atoms with Crippen molar-refractivity contribution in [2.45, 2.75) is 12.8 Å². The molecule has 0 radical (unpaired) electrons. The van der Waals surface area contributed by atoms with Crippen LogP contribution < -0.4 is 4.74 Å². The molecule has 0 N–H and O–H groups in total. The van der Waals surface area contributed by atoms with E-state index in [0.29, 0.717) is 0 Å². The summed E-state index contributed by atoms with van der Waals surface area (Å²) in [6, 6.07) is 16.8. The second kappa shape index (κ2) is 5.74. The lowest BCUT2D eigenvalue weighted by Crippen LogP contribution is -1.96. The van der Waals surface area contributed by atoms with Crippen LogP contribution in [0.1, 0.15) is 11.1 Å². The first-order chi connectivity index (χ1) is 9.88. The first-order valence-corrected chi connectivity index (χ1v) is 6.82. The van der Waals surface area contributed by atoms with Gasteiger partial charge in [0.15, 0.2) is 0 Å². The van der Waals surface area contributed by atoms with Gasteiger partial charge in [0, 0.05) is 17.8 Å². The van der Waals surface area contributed by atoms with Gasteiger partial charge in [0.2, 0.25) is 0 Å². The number of methoxy groups -OCH3 is 1. The van der Waals surface area contributed by atoms with Gasteiger partial charge < -0.3 is 4.74 Å². The van der Waals surface area contributed by atoms with E-state index in [1.165, 1.54) is 21.9 Å². The summed E-state index contributed by atoms with van der Waals surface area (Å²) in [5.41, 5.74) is 2.55. The summed E-state index contributed by atoms with van der Waals surface area (Å²) in [5.74, 6) is 0.997. The Morgan fingerprint density at radius 3 is 2.50 bits per heavy atom. The molecule has 0 atom stereocenters. The molecule has 0 unspecified atom stereocenters. The van der Waals surface area contributed by atoms with Crippen molar-refractivity contribution in [2.75, 3.05) is 7.11 Å². The summed E-state index contributed by atoms with van der Waals surface area (Å²) in [5, 5.41) is 2.40. The maximum absolute atomic E-state index is 5.63. The topological polar surface area (TPSA) is 22.1 Å². The second-order valence-electron chi connectivity index (χ2n) is 4.83. The largest absolute Gasteiger partial charge is 0.496 e. The molecule has 2 nitrogen and oxygen atoms in total. The zero-order valence-electron chi connectivity index (χ0n) is 11.5. The highest BCUT2D eigenvalue weighted by Gasteiger charge is 2.07. The molecule has 3 rings (SSSR count). The number of benzene rings is 2. The fourth-order valence-electron chi connectivity index (χ4n) is 2.55. The molecule has 1 heterocycles. The van der Waals surface area contributed by atoms with E-state index in [1.54, 1.807) is 7.11 Å². The van der Waals surface area contributed by atoms with Gasteiger partial charge in [-0.05, 0) is 41.5 Å². The third-order valence-corrected chi connectivity index (χ3v) is 3.60. The molecule has 20 heavy (non-hydrogen) atoms. The number of hydrogen-bond donors (Lipinski definition) is 0. The van der Waals surface area contributed by atoms with Crippen molar-refractivity contribution in [1.29, 1.82) is 0 Å². The van der Waals surface area contributed by atoms with Crippen LogP contribution >= 0.6 is 0 Å².